The zero-order valence-electron chi connectivity index (χ0n) is 9.96. The van der Waals surface area contributed by atoms with Crippen LogP contribution in [0.2, 0.25) is 0 Å². The van der Waals surface area contributed by atoms with Crippen molar-refractivity contribution in [3.8, 4) is 0 Å². The quantitative estimate of drug-likeness (QED) is 0.877. The van der Waals surface area contributed by atoms with Gasteiger partial charge in [-0.1, -0.05) is 0 Å². The van der Waals surface area contributed by atoms with Crippen molar-refractivity contribution in [2.75, 3.05) is 13.1 Å². The summed E-state index contributed by atoms with van der Waals surface area (Å²) in [6.07, 6.45) is 1.41. The Labute approximate surface area is 109 Å². The number of aliphatic carboxylic acids is 1. The molecule has 0 bridgehead atoms. The van der Waals surface area contributed by atoms with Crippen molar-refractivity contribution in [3.63, 3.8) is 0 Å². The van der Waals surface area contributed by atoms with E-state index in [4.69, 9.17) is 5.11 Å². The van der Waals surface area contributed by atoms with Crippen LogP contribution in [0.1, 0.15) is 18.4 Å². The van der Waals surface area contributed by atoms with Gasteiger partial charge in [-0.2, -0.15) is 11.3 Å². The van der Waals surface area contributed by atoms with E-state index in [-0.39, 0.29) is 6.03 Å². The van der Waals surface area contributed by atoms with Crippen molar-refractivity contribution in [1.29, 1.82) is 0 Å². The first kappa shape index (κ1) is 12.9. The van der Waals surface area contributed by atoms with E-state index >= 15 is 0 Å². The number of carboxylic acids is 1. The molecule has 2 N–H and O–H groups in total. The summed E-state index contributed by atoms with van der Waals surface area (Å²) in [6, 6.07) is 1.79. The molecule has 2 heterocycles. The van der Waals surface area contributed by atoms with Gasteiger partial charge in [0.05, 0.1) is 5.92 Å². The fourth-order valence-corrected chi connectivity index (χ4v) is 2.71. The molecule has 1 fully saturated rings. The summed E-state index contributed by atoms with van der Waals surface area (Å²) in [5.74, 6) is -1.24. The molecule has 1 saturated heterocycles. The van der Waals surface area contributed by atoms with Crippen molar-refractivity contribution in [3.05, 3.63) is 22.4 Å². The van der Waals surface area contributed by atoms with Crippen molar-refractivity contribution < 1.29 is 14.7 Å². The minimum absolute atomic E-state index is 0.174. The number of piperidine rings is 1. The van der Waals surface area contributed by atoms with Crippen LogP contribution in [0.15, 0.2) is 16.8 Å². The van der Waals surface area contributed by atoms with Gasteiger partial charge < -0.3 is 15.3 Å². The number of carbonyl (C=O) groups excluding carboxylic acids is 1. The Kier molecular flexibility index (Phi) is 4.19. The predicted octanol–water partition coefficient (Wildman–Crippen LogP) is 1.75. The van der Waals surface area contributed by atoms with Gasteiger partial charge in [-0.3, -0.25) is 4.79 Å². The molecule has 2 amide bonds. The molecule has 0 spiro atoms. The summed E-state index contributed by atoms with van der Waals surface area (Å²) >= 11 is 1.59. The standard InChI is InChI=1S/C12H16N2O3S/c15-11(16)10-2-1-4-14(7-10)12(17)13-6-9-3-5-18-8-9/h3,5,8,10H,1-2,4,6-7H2,(H,13,17)(H,15,16)/t10-/m1/s1. The molecule has 1 aliphatic rings. The first-order chi connectivity index (χ1) is 8.66. The first-order valence-electron chi connectivity index (χ1n) is 5.93. The Morgan fingerprint density at radius 2 is 2.39 bits per heavy atom. The van der Waals surface area contributed by atoms with Crippen molar-refractivity contribution >= 4 is 23.3 Å². The van der Waals surface area contributed by atoms with Gasteiger partial charge in [-0.05, 0) is 35.2 Å². The van der Waals surface area contributed by atoms with E-state index in [2.05, 4.69) is 5.32 Å². The number of rotatable bonds is 3. The molecule has 1 atom stereocenters. The lowest BCUT2D eigenvalue weighted by Gasteiger charge is -2.30. The fraction of sp³-hybridized carbons (Fsp3) is 0.500. The van der Waals surface area contributed by atoms with Gasteiger partial charge in [-0.15, -0.1) is 0 Å². The SMILES string of the molecule is O=C(O)[C@@H]1CCCN(C(=O)NCc2ccsc2)C1. The number of urea groups is 1. The first-order valence-corrected chi connectivity index (χ1v) is 6.88. The average molecular weight is 268 g/mol. The molecule has 0 unspecified atom stereocenters. The Balaban J connectivity index is 1.83. The molecule has 2 rings (SSSR count). The third-order valence-electron chi connectivity index (χ3n) is 3.08. The normalized spacial score (nSPS) is 19.6. The Morgan fingerprint density at radius 1 is 1.56 bits per heavy atom. The number of hydrogen-bond donors (Lipinski definition) is 2. The number of carbonyl (C=O) groups is 2. The Morgan fingerprint density at radius 3 is 3.06 bits per heavy atom. The molecule has 1 aliphatic heterocycles. The molecular weight excluding hydrogens is 252 g/mol. The topological polar surface area (TPSA) is 69.6 Å². The zero-order chi connectivity index (χ0) is 13.0. The molecule has 6 heteroatoms. The molecule has 1 aromatic rings. The lowest BCUT2D eigenvalue weighted by atomic mass is 9.99. The number of nitrogens with one attached hydrogen (secondary N) is 1. The van der Waals surface area contributed by atoms with E-state index in [1.54, 1.807) is 16.2 Å². The number of thiophene rings is 1. The van der Waals surface area contributed by atoms with Gasteiger partial charge in [0.2, 0.25) is 0 Å². The van der Waals surface area contributed by atoms with Crippen LogP contribution in [-0.2, 0) is 11.3 Å². The highest BCUT2D eigenvalue weighted by Gasteiger charge is 2.27. The smallest absolute Gasteiger partial charge is 0.317 e. The summed E-state index contributed by atoms with van der Waals surface area (Å²) in [4.78, 5) is 24.4. The molecule has 5 nitrogen and oxygen atoms in total. The van der Waals surface area contributed by atoms with Crippen LogP contribution in [0.25, 0.3) is 0 Å². The van der Waals surface area contributed by atoms with Gasteiger partial charge in [-0.25, -0.2) is 4.79 Å². The molecule has 0 aliphatic carbocycles. The van der Waals surface area contributed by atoms with E-state index < -0.39 is 11.9 Å². The average Bonchev–Trinajstić information content (AvgIpc) is 2.89. The highest BCUT2D eigenvalue weighted by atomic mass is 32.1. The molecular formula is C12H16N2O3S. The van der Waals surface area contributed by atoms with Crippen LogP contribution in [0.4, 0.5) is 4.79 Å². The predicted molar refractivity (Wildman–Crippen MR) is 68.5 cm³/mol. The van der Waals surface area contributed by atoms with Crippen molar-refractivity contribution in [2.24, 2.45) is 5.92 Å². The fourth-order valence-electron chi connectivity index (χ4n) is 2.05. The largest absolute Gasteiger partial charge is 0.481 e. The Hall–Kier alpha value is -1.56. The second-order valence-electron chi connectivity index (χ2n) is 4.41. The maximum absolute atomic E-state index is 11.9. The van der Waals surface area contributed by atoms with Crippen LogP contribution in [0.3, 0.4) is 0 Å². The molecule has 98 valence electrons. The molecule has 0 aromatic carbocycles. The van der Waals surface area contributed by atoms with Gasteiger partial charge in [0.15, 0.2) is 0 Å². The van der Waals surface area contributed by atoms with Gasteiger partial charge >= 0.3 is 12.0 Å². The second kappa shape index (κ2) is 5.86. The lowest BCUT2D eigenvalue weighted by Crippen LogP contribution is -2.46. The molecule has 1 aromatic heterocycles. The maximum atomic E-state index is 11.9. The van der Waals surface area contributed by atoms with Crippen LogP contribution >= 0.6 is 11.3 Å². The molecule has 0 saturated carbocycles. The lowest BCUT2D eigenvalue weighted by molar-refractivity contribution is -0.143. The summed E-state index contributed by atoms with van der Waals surface area (Å²) in [6.45, 7) is 1.45. The number of amides is 2. The van der Waals surface area contributed by atoms with Crippen molar-refractivity contribution in [1.82, 2.24) is 10.2 Å². The summed E-state index contributed by atoms with van der Waals surface area (Å²) in [7, 11) is 0. The zero-order valence-corrected chi connectivity index (χ0v) is 10.8. The summed E-state index contributed by atoms with van der Waals surface area (Å²) < 4.78 is 0. The molecule has 18 heavy (non-hydrogen) atoms. The van der Waals surface area contributed by atoms with Crippen LogP contribution in [0.5, 0.6) is 0 Å². The van der Waals surface area contributed by atoms with Gasteiger partial charge in [0.25, 0.3) is 0 Å². The van der Waals surface area contributed by atoms with E-state index in [0.717, 1.165) is 12.0 Å². The monoisotopic (exact) mass is 268 g/mol. The minimum atomic E-state index is -0.815. The van der Waals surface area contributed by atoms with E-state index in [9.17, 15) is 9.59 Å². The number of carboxylic acid groups (broad SMARTS) is 1. The third-order valence-corrected chi connectivity index (χ3v) is 3.81. The number of hydrogen-bond acceptors (Lipinski definition) is 3. The highest BCUT2D eigenvalue weighted by molar-refractivity contribution is 7.07. The van der Waals surface area contributed by atoms with Crippen LogP contribution < -0.4 is 5.32 Å². The molecule has 0 radical (unpaired) electrons. The van der Waals surface area contributed by atoms with Crippen LogP contribution in [-0.4, -0.2) is 35.1 Å². The second-order valence-corrected chi connectivity index (χ2v) is 5.19. The minimum Gasteiger partial charge on any atom is -0.481 e. The third kappa shape index (κ3) is 3.22. The maximum Gasteiger partial charge on any atom is 0.317 e. The number of likely N-dealkylation sites (tertiary alicyclic amines) is 1. The van der Waals surface area contributed by atoms with Crippen molar-refractivity contribution in [2.45, 2.75) is 19.4 Å². The Bertz CT molecular complexity index is 419. The van der Waals surface area contributed by atoms with Crippen LogP contribution in [0, 0.1) is 5.92 Å². The van der Waals surface area contributed by atoms with E-state index in [1.165, 1.54) is 0 Å². The van der Waals surface area contributed by atoms with E-state index in [1.807, 2.05) is 16.8 Å². The number of nitrogens with zero attached hydrogens (tertiary/aromatic N) is 1. The summed E-state index contributed by atoms with van der Waals surface area (Å²) in [5, 5.41) is 15.7. The highest BCUT2D eigenvalue weighted by Crippen LogP contribution is 2.16. The van der Waals surface area contributed by atoms with Gasteiger partial charge in [0, 0.05) is 19.6 Å². The van der Waals surface area contributed by atoms with E-state index in [0.29, 0.717) is 26.1 Å². The van der Waals surface area contributed by atoms with Gasteiger partial charge in [0.1, 0.15) is 0 Å². The summed E-state index contributed by atoms with van der Waals surface area (Å²) in [5.41, 5.74) is 1.07.